The zero-order valence-electron chi connectivity index (χ0n) is 10.9. The first-order valence-electron chi connectivity index (χ1n) is 6.13. The van der Waals surface area contributed by atoms with Crippen LogP contribution in [0.4, 0.5) is 0 Å². The Labute approximate surface area is 100 Å². The van der Waals surface area contributed by atoms with Crippen molar-refractivity contribution in [3.63, 3.8) is 0 Å². The third-order valence-corrected chi connectivity index (χ3v) is 4.51. The molecule has 0 aromatic carbocycles. The minimum absolute atomic E-state index is 0.372. The monoisotopic (exact) mass is 250 g/mol. The van der Waals surface area contributed by atoms with Gasteiger partial charge in [0.25, 0.3) is 0 Å². The molecule has 0 aliphatic rings. The van der Waals surface area contributed by atoms with E-state index in [9.17, 15) is 8.42 Å². The smallest absolute Gasteiger partial charge is 0.215 e. The molecule has 0 spiro atoms. The van der Waals surface area contributed by atoms with Crippen molar-refractivity contribution in [1.82, 2.24) is 10.0 Å². The number of rotatable bonds is 9. The van der Waals surface area contributed by atoms with Gasteiger partial charge in [-0.3, -0.25) is 0 Å². The van der Waals surface area contributed by atoms with Gasteiger partial charge in [0.1, 0.15) is 0 Å². The fourth-order valence-corrected chi connectivity index (χ4v) is 2.28. The van der Waals surface area contributed by atoms with E-state index in [2.05, 4.69) is 23.9 Å². The van der Waals surface area contributed by atoms with Gasteiger partial charge < -0.3 is 5.32 Å². The molecule has 0 heterocycles. The van der Waals surface area contributed by atoms with Crippen LogP contribution in [0.5, 0.6) is 0 Å². The van der Waals surface area contributed by atoms with Crippen LogP contribution in [0.15, 0.2) is 0 Å². The highest BCUT2D eigenvalue weighted by Crippen LogP contribution is 2.02. The van der Waals surface area contributed by atoms with Crippen molar-refractivity contribution in [1.29, 1.82) is 0 Å². The molecule has 5 heteroatoms. The summed E-state index contributed by atoms with van der Waals surface area (Å²) in [6.45, 7) is 9.83. The minimum Gasteiger partial charge on any atom is -0.315 e. The summed E-state index contributed by atoms with van der Waals surface area (Å²) in [6, 6.07) is 0. The molecule has 0 aliphatic heterocycles. The van der Waals surface area contributed by atoms with Gasteiger partial charge >= 0.3 is 0 Å². The van der Waals surface area contributed by atoms with Crippen molar-refractivity contribution in [2.24, 2.45) is 5.92 Å². The number of hydrogen-bond donors (Lipinski definition) is 2. The van der Waals surface area contributed by atoms with E-state index in [4.69, 9.17) is 0 Å². The zero-order chi connectivity index (χ0) is 12.6. The highest BCUT2D eigenvalue weighted by atomic mass is 32.2. The lowest BCUT2D eigenvalue weighted by molar-refractivity contribution is 0.518. The lowest BCUT2D eigenvalue weighted by Gasteiger charge is -2.16. The van der Waals surface area contributed by atoms with Gasteiger partial charge in [-0.05, 0) is 25.8 Å². The summed E-state index contributed by atoms with van der Waals surface area (Å²) < 4.78 is 26.3. The van der Waals surface area contributed by atoms with Gasteiger partial charge in [-0.2, -0.15) is 0 Å². The number of sulfonamides is 1. The summed E-state index contributed by atoms with van der Waals surface area (Å²) in [5.41, 5.74) is 0. The molecular weight excluding hydrogens is 224 g/mol. The quantitative estimate of drug-likeness (QED) is 0.607. The molecule has 0 aliphatic carbocycles. The van der Waals surface area contributed by atoms with E-state index in [0.717, 1.165) is 19.4 Å². The molecule has 0 aromatic heterocycles. The molecule has 2 N–H and O–H groups in total. The van der Waals surface area contributed by atoms with Crippen LogP contribution in [0.3, 0.4) is 0 Å². The summed E-state index contributed by atoms with van der Waals surface area (Å²) in [4.78, 5) is 0. The van der Waals surface area contributed by atoms with Crippen molar-refractivity contribution in [2.75, 3.05) is 19.6 Å². The molecule has 0 saturated heterocycles. The Morgan fingerprint density at radius 1 is 1.12 bits per heavy atom. The van der Waals surface area contributed by atoms with E-state index in [1.54, 1.807) is 6.92 Å². The van der Waals surface area contributed by atoms with Gasteiger partial charge in [0, 0.05) is 13.1 Å². The first-order chi connectivity index (χ1) is 7.44. The molecule has 0 bridgehead atoms. The first-order valence-corrected chi connectivity index (χ1v) is 7.67. The lowest BCUT2D eigenvalue weighted by atomic mass is 10.1. The van der Waals surface area contributed by atoms with Gasteiger partial charge in [-0.1, -0.05) is 27.2 Å². The van der Waals surface area contributed by atoms with E-state index in [1.807, 2.05) is 6.92 Å². The van der Waals surface area contributed by atoms with Crippen molar-refractivity contribution < 1.29 is 8.42 Å². The van der Waals surface area contributed by atoms with Crippen LogP contribution >= 0.6 is 0 Å². The van der Waals surface area contributed by atoms with E-state index in [0.29, 0.717) is 19.0 Å². The second-order valence-electron chi connectivity index (χ2n) is 4.42. The first kappa shape index (κ1) is 15.9. The third-order valence-electron chi connectivity index (χ3n) is 2.72. The van der Waals surface area contributed by atoms with Crippen molar-refractivity contribution in [2.45, 2.75) is 45.8 Å². The second kappa shape index (κ2) is 8.03. The molecule has 0 fully saturated rings. The predicted octanol–water partition coefficient (Wildman–Crippen LogP) is 1.34. The Hall–Kier alpha value is -0.130. The van der Waals surface area contributed by atoms with E-state index < -0.39 is 10.0 Å². The molecule has 4 nitrogen and oxygen atoms in total. The fraction of sp³-hybridized carbons (Fsp3) is 1.00. The Balaban J connectivity index is 4.01. The predicted molar refractivity (Wildman–Crippen MR) is 69.0 cm³/mol. The van der Waals surface area contributed by atoms with E-state index in [1.165, 1.54) is 0 Å². The molecule has 0 radical (unpaired) electrons. The van der Waals surface area contributed by atoms with Gasteiger partial charge in [0.15, 0.2) is 0 Å². The second-order valence-corrected chi connectivity index (χ2v) is 6.61. The topological polar surface area (TPSA) is 58.2 Å². The van der Waals surface area contributed by atoms with Crippen LogP contribution < -0.4 is 10.0 Å². The lowest BCUT2D eigenvalue weighted by Crippen LogP contribution is -2.40. The zero-order valence-corrected chi connectivity index (χ0v) is 11.7. The summed E-state index contributed by atoms with van der Waals surface area (Å²) in [6.07, 6.45) is 2.01. The van der Waals surface area contributed by atoms with Gasteiger partial charge in [-0.25, -0.2) is 13.1 Å². The maximum Gasteiger partial charge on any atom is 0.215 e. The Bertz CT molecular complexity index is 265. The Morgan fingerprint density at radius 2 is 1.75 bits per heavy atom. The van der Waals surface area contributed by atoms with Crippen LogP contribution in [-0.2, 0) is 10.0 Å². The molecule has 0 rings (SSSR count). The molecule has 0 aromatic rings. The largest absolute Gasteiger partial charge is 0.315 e. The maximum absolute atomic E-state index is 11.8. The van der Waals surface area contributed by atoms with Crippen LogP contribution in [0.25, 0.3) is 0 Å². The highest BCUT2D eigenvalue weighted by molar-refractivity contribution is 7.90. The Kier molecular flexibility index (Phi) is 7.97. The standard InChI is InChI=1S/C11H26N2O2S/c1-5-7-12-9-11(4)16(14,15)13-8-10(3)6-2/h10-13H,5-9H2,1-4H3. The van der Waals surface area contributed by atoms with Crippen LogP contribution in [0, 0.1) is 5.92 Å². The van der Waals surface area contributed by atoms with Gasteiger partial charge in [0.2, 0.25) is 10.0 Å². The summed E-state index contributed by atoms with van der Waals surface area (Å²) in [7, 11) is -3.16. The average Bonchev–Trinajstić information content (AvgIpc) is 2.26. The van der Waals surface area contributed by atoms with Crippen LogP contribution in [0.2, 0.25) is 0 Å². The number of hydrogen-bond acceptors (Lipinski definition) is 3. The number of nitrogens with one attached hydrogen (secondary N) is 2. The van der Waals surface area contributed by atoms with Crippen LogP contribution in [0.1, 0.15) is 40.5 Å². The molecule has 0 saturated carbocycles. The molecule has 2 atom stereocenters. The summed E-state index contributed by atoms with van der Waals surface area (Å²) in [5.74, 6) is 0.394. The molecule has 0 amide bonds. The SMILES string of the molecule is CCCNCC(C)S(=O)(=O)NCC(C)CC. The van der Waals surface area contributed by atoms with Gasteiger partial charge in [-0.15, -0.1) is 0 Å². The average molecular weight is 250 g/mol. The highest BCUT2D eigenvalue weighted by Gasteiger charge is 2.19. The summed E-state index contributed by atoms with van der Waals surface area (Å²) >= 11 is 0. The van der Waals surface area contributed by atoms with Crippen molar-refractivity contribution in [3.8, 4) is 0 Å². The van der Waals surface area contributed by atoms with Crippen LogP contribution in [-0.4, -0.2) is 33.3 Å². The summed E-state index contributed by atoms with van der Waals surface area (Å²) in [5, 5.41) is 2.75. The Morgan fingerprint density at radius 3 is 2.25 bits per heavy atom. The normalized spacial score (nSPS) is 16.0. The molecule has 16 heavy (non-hydrogen) atoms. The molecular formula is C11H26N2O2S. The van der Waals surface area contributed by atoms with E-state index >= 15 is 0 Å². The van der Waals surface area contributed by atoms with Crippen molar-refractivity contribution >= 4 is 10.0 Å². The maximum atomic E-state index is 11.8. The minimum atomic E-state index is -3.16. The third kappa shape index (κ3) is 6.45. The van der Waals surface area contributed by atoms with Gasteiger partial charge in [0.05, 0.1) is 5.25 Å². The molecule has 98 valence electrons. The molecule has 2 unspecified atom stereocenters. The van der Waals surface area contributed by atoms with E-state index in [-0.39, 0.29) is 5.25 Å². The fourth-order valence-electron chi connectivity index (χ4n) is 1.14. The van der Waals surface area contributed by atoms with Crippen molar-refractivity contribution in [3.05, 3.63) is 0 Å².